The molecule has 1 heterocycles. The monoisotopic (exact) mass is 245 g/mol. The zero-order valence-corrected chi connectivity index (χ0v) is 10.7. The third-order valence-corrected chi connectivity index (χ3v) is 2.77. The molecule has 2 aromatic rings. The summed E-state index contributed by atoms with van der Waals surface area (Å²) in [6, 6.07) is 5.96. The van der Waals surface area contributed by atoms with Gasteiger partial charge in [0, 0.05) is 12.6 Å². The smallest absolute Gasteiger partial charge is 0.123 e. The number of fused-ring (bicyclic) bond motifs is 1. The van der Waals surface area contributed by atoms with Crippen molar-refractivity contribution in [1.29, 1.82) is 0 Å². The normalized spacial score (nSPS) is 10.8. The Hall–Kier alpha value is -1.81. The number of imidazole rings is 1. The lowest BCUT2D eigenvalue weighted by Crippen LogP contribution is -2.07. The average molecular weight is 245 g/mol. The fourth-order valence-electron chi connectivity index (χ4n) is 1.96. The van der Waals surface area contributed by atoms with Crippen LogP contribution < -0.4 is 10.5 Å². The lowest BCUT2D eigenvalue weighted by Gasteiger charge is -2.05. The van der Waals surface area contributed by atoms with Crippen LogP contribution in [0.4, 0.5) is 0 Å². The molecule has 0 aliphatic heterocycles. The zero-order valence-electron chi connectivity index (χ0n) is 10.7. The summed E-state index contributed by atoms with van der Waals surface area (Å²) in [7, 11) is 0. The number of hydrogen-bond acceptors (Lipinski definition) is 3. The number of nitrogens with zero attached hydrogens (tertiary/aromatic N) is 2. The Balaban J connectivity index is 2.41. The average Bonchev–Trinajstić information content (AvgIpc) is 2.74. The Morgan fingerprint density at radius 3 is 3.00 bits per heavy atom. The highest BCUT2D eigenvalue weighted by atomic mass is 16.5. The maximum atomic E-state index is 5.71. The molecule has 2 N–H and O–H groups in total. The summed E-state index contributed by atoms with van der Waals surface area (Å²) in [4.78, 5) is 4.53. The maximum Gasteiger partial charge on any atom is 0.123 e. The van der Waals surface area contributed by atoms with Crippen LogP contribution in [0.1, 0.15) is 19.2 Å². The molecule has 0 aliphatic carbocycles. The molecule has 0 saturated carbocycles. The van der Waals surface area contributed by atoms with Gasteiger partial charge in [-0.25, -0.2) is 4.98 Å². The third-order valence-electron chi connectivity index (χ3n) is 2.77. The van der Waals surface area contributed by atoms with Gasteiger partial charge in [0.2, 0.25) is 0 Å². The molecule has 0 atom stereocenters. The highest BCUT2D eigenvalue weighted by Gasteiger charge is 2.09. The van der Waals surface area contributed by atoms with Crippen molar-refractivity contribution in [3.8, 4) is 5.75 Å². The third kappa shape index (κ3) is 2.38. The molecule has 0 unspecified atom stereocenters. The largest absolute Gasteiger partial charge is 0.494 e. The second-order valence-electron chi connectivity index (χ2n) is 4.13. The van der Waals surface area contributed by atoms with Gasteiger partial charge in [-0.05, 0) is 18.6 Å². The molecule has 96 valence electrons. The fourth-order valence-corrected chi connectivity index (χ4v) is 1.96. The molecule has 0 saturated heterocycles. The van der Waals surface area contributed by atoms with Crippen molar-refractivity contribution >= 4 is 11.0 Å². The second-order valence-corrected chi connectivity index (χ2v) is 4.13. The van der Waals surface area contributed by atoms with Crippen molar-refractivity contribution < 1.29 is 4.74 Å². The van der Waals surface area contributed by atoms with E-state index in [1.54, 1.807) is 0 Å². The highest BCUT2D eigenvalue weighted by Crippen LogP contribution is 2.22. The first-order valence-electron chi connectivity index (χ1n) is 6.23. The van der Waals surface area contributed by atoms with Crippen molar-refractivity contribution in [2.75, 3.05) is 6.61 Å². The van der Waals surface area contributed by atoms with E-state index >= 15 is 0 Å². The van der Waals surface area contributed by atoms with Crippen LogP contribution >= 0.6 is 0 Å². The van der Waals surface area contributed by atoms with Gasteiger partial charge in [-0.3, -0.25) is 0 Å². The molecular formula is C14H19N3O. The number of nitrogens with two attached hydrogens (primary N) is 1. The minimum absolute atomic E-state index is 0.424. The van der Waals surface area contributed by atoms with Gasteiger partial charge < -0.3 is 15.0 Å². The second kappa shape index (κ2) is 5.69. The van der Waals surface area contributed by atoms with E-state index in [0.717, 1.165) is 42.2 Å². The van der Waals surface area contributed by atoms with E-state index in [0.29, 0.717) is 6.54 Å². The van der Waals surface area contributed by atoms with Gasteiger partial charge in [0.25, 0.3) is 0 Å². The van der Waals surface area contributed by atoms with Crippen molar-refractivity contribution in [3.05, 3.63) is 36.7 Å². The van der Waals surface area contributed by atoms with Crippen molar-refractivity contribution in [2.24, 2.45) is 5.73 Å². The molecule has 0 amide bonds. The first-order chi connectivity index (χ1) is 8.80. The van der Waals surface area contributed by atoms with E-state index in [1.807, 2.05) is 24.3 Å². The Morgan fingerprint density at radius 1 is 1.50 bits per heavy atom. The van der Waals surface area contributed by atoms with E-state index in [9.17, 15) is 0 Å². The Bertz CT molecular complexity index is 545. The minimum Gasteiger partial charge on any atom is -0.494 e. The van der Waals surface area contributed by atoms with Crippen LogP contribution in [0.5, 0.6) is 5.75 Å². The molecule has 18 heavy (non-hydrogen) atoms. The van der Waals surface area contributed by atoms with Gasteiger partial charge in [0.15, 0.2) is 0 Å². The number of benzene rings is 1. The Kier molecular flexibility index (Phi) is 3.99. The fraction of sp³-hybridized carbons (Fsp3) is 0.357. The molecule has 2 rings (SSSR count). The van der Waals surface area contributed by atoms with Crippen molar-refractivity contribution in [2.45, 2.75) is 26.4 Å². The molecule has 1 aromatic carbocycles. The molecule has 4 heteroatoms. The highest BCUT2D eigenvalue weighted by molar-refractivity contribution is 5.77. The quantitative estimate of drug-likeness (QED) is 0.795. The molecule has 1 aromatic heterocycles. The van der Waals surface area contributed by atoms with Crippen LogP contribution in [0.25, 0.3) is 11.0 Å². The lowest BCUT2D eigenvalue weighted by atomic mass is 10.3. The van der Waals surface area contributed by atoms with Gasteiger partial charge in [0.05, 0.1) is 24.2 Å². The van der Waals surface area contributed by atoms with Gasteiger partial charge in [-0.15, -0.1) is 6.58 Å². The summed E-state index contributed by atoms with van der Waals surface area (Å²) < 4.78 is 7.68. The molecule has 0 spiro atoms. The first-order valence-corrected chi connectivity index (χ1v) is 6.23. The molecule has 0 bridgehead atoms. The topological polar surface area (TPSA) is 53.1 Å². The van der Waals surface area contributed by atoms with Crippen LogP contribution in [0, 0.1) is 0 Å². The predicted molar refractivity (Wildman–Crippen MR) is 73.6 cm³/mol. The van der Waals surface area contributed by atoms with E-state index in [1.165, 1.54) is 0 Å². The van der Waals surface area contributed by atoms with E-state index in [4.69, 9.17) is 10.5 Å². The summed E-state index contributed by atoms with van der Waals surface area (Å²) in [6.45, 7) is 7.72. The number of ether oxygens (including phenoxy) is 1. The standard InChI is InChI=1S/C14H19N3O/c1-3-7-17-13-6-5-11(18-8-4-2)9-12(13)16-14(17)10-15/h3,5-6,9H,1,4,7-8,10,15H2,2H3. The minimum atomic E-state index is 0.424. The van der Waals surface area contributed by atoms with Crippen LogP contribution in [0.15, 0.2) is 30.9 Å². The molecule has 0 aliphatic rings. The van der Waals surface area contributed by atoms with E-state index in [2.05, 4.69) is 23.1 Å². The first kappa shape index (κ1) is 12.6. The Morgan fingerprint density at radius 2 is 2.33 bits per heavy atom. The SMILES string of the molecule is C=CCn1c(CN)nc2cc(OCCC)ccc21. The molecular weight excluding hydrogens is 226 g/mol. The van der Waals surface area contributed by atoms with Gasteiger partial charge in [-0.2, -0.15) is 0 Å². The van der Waals surface area contributed by atoms with Crippen LogP contribution in [0.2, 0.25) is 0 Å². The summed E-state index contributed by atoms with van der Waals surface area (Å²) >= 11 is 0. The maximum absolute atomic E-state index is 5.71. The zero-order chi connectivity index (χ0) is 13.0. The Labute approximate surface area is 107 Å². The molecule has 0 fully saturated rings. The summed E-state index contributed by atoms with van der Waals surface area (Å²) in [6.07, 6.45) is 2.85. The van der Waals surface area contributed by atoms with Gasteiger partial charge in [0.1, 0.15) is 11.6 Å². The number of hydrogen-bond donors (Lipinski definition) is 1. The van der Waals surface area contributed by atoms with Crippen molar-refractivity contribution in [3.63, 3.8) is 0 Å². The van der Waals surface area contributed by atoms with Gasteiger partial charge >= 0.3 is 0 Å². The number of aromatic nitrogens is 2. The number of rotatable bonds is 6. The predicted octanol–water partition coefficient (Wildman–Crippen LogP) is 2.47. The summed E-state index contributed by atoms with van der Waals surface area (Å²) in [5.41, 5.74) is 7.70. The number of allylic oxidation sites excluding steroid dienone is 1. The van der Waals surface area contributed by atoms with Crippen LogP contribution in [0.3, 0.4) is 0 Å². The molecule has 4 nitrogen and oxygen atoms in total. The summed E-state index contributed by atoms with van der Waals surface area (Å²) in [5.74, 6) is 1.73. The van der Waals surface area contributed by atoms with Crippen LogP contribution in [-0.2, 0) is 13.1 Å². The van der Waals surface area contributed by atoms with Gasteiger partial charge in [-0.1, -0.05) is 13.0 Å². The lowest BCUT2D eigenvalue weighted by molar-refractivity contribution is 0.318. The van der Waals surface area contributed by atoms with Crippen LogP contribution in [-0.4, -0.2) is 16.2 Å². The van der Waals surface area contributed by atoms with E-state index in [-0.39, 0.29) is 0 Å². The van der Waals surface area contributed by atoms with E-state index < -0.39 is 0 Å². The summed E-state index contributed by atoms with van der Waals surface area (Å²) in [5, 5.41) is 0. The van der Waals surface area contributed by atoms with Crippen molar-refractivity contribution in [1.82, 2.24) is 9.55 Å². The molecule has 0 radical (unpaired) electrons.